The minimum absolute atomic E-state index is 0.164. The second-order valence-electron chi connectivity index (χ2n) is 6.29. The number of halogens is 1. The van der Waals surface area contributed by atoms with Crippen LogP contribution in [0.15, 0.2) is 18.2 Å². The van der Waals surface area contributed by atoms with Crippen LogP contribution in [-0.4, -0.2) is 47.3 Å². The molecule has 1 aliphatic rings. The Morgan fingerprint density at radius 2 is 2.10 bits per heavy atom. The summed E-state index contributed by atoms with van der Waals surface area (Å²) in [6, 6.07) is 5.74. The zero-order chi connectivity index (χ0) is 15.6. The van der Waals surface area contributed by atoms with Crippen molar-refractivity contribution in [2.24, 2.45) is 0 Å². The van der Waals surface area contributed by atoms with Gasteiger partial charge in [-0.3, -0.25) is 0 Å². The third kappa shape index (κ3) is 4.24. The molecule has 5 nitrogen and oxygen atoms in total. The lowest BCUT2D eigenvalue weighted by Gasteiger charge is -2.40. The number of rotatable bonds is 1. The lowest BCUT2D eigenvalue weighted by molar-refractivity contribution is 0.0218. The molecule has 1 aromatic heterocycles. The van der Waals surface area contributed by atoms with Crippen LogP contribution in [0.4, 0.5) is 10.6 Å². The maximum atomic E-state index is 12.1. The molecule has 2 heterocycles. The Morgan fingerprint density at radius 3 is 2.67 bits per heavy atom. The molecule has 1 fully saturated rings. The Kier molecular flexibility index (Phi) is 4.61. The zero-order valence-corrected chi connectivity index (χ0v) is 13.7. The average molecular weight is 312 g/mol. The van der Waals surface area contributed by atoms with Gasteiger partial charge in [-0.1, -0.05) is 17.7 Å². The van der Waals surface area contributed by atoms with E-state index in [1.807, 2.05) is 32.9 Å². The maximum Gasteiger partial charge on any atom is 0.410 e. The summed E-state index contributed by atoms with van der Waals surface area (Å²) in [4.78, 5) is 20.3. The summed E-state index contributed by atoms with van der Waals surface area (Å²) in [6.45, 7) is 9.64. The molecule has 0 N–H and O–H groups in total. The summed E-state index contributed by atoms with van der Waals surface area (Å²) in [7, 11) is 0. The van der Waals surface area contributed by atoms with E-state index < -0.39 is 5.60 Å². The van der Waals surface area contributed by atoms with Crippen LogP contribution in [-0.2, 0) is 4.74 Å². The number of anilines is 1. The number of hydrogen-bond acceptors (Lipinski definition) is 4. The fourth-order valence-electron chi connectivity index (χ4n) is 2.35. The smallest absolute Gasteiger partial charge is 0.410 e. The molecule has 1 atom stereocenters. The van der Waals surface area contributed by atoms with Crippen molar-refractivity contribution in [1.29, 1.82) is 0 Å². The van der Waals surface area contributed by atoms with Crippen molar-refractivity contribution < 1.29 is 9.53 Å². The first-order valence-electron chi connectivity index (χ1n) is 7.13. The lowest BCUT2D eigenvalue weighted by atomic mass is 10.2. The highest BCUT2D eigenvalue weighted by Crippen LogP contribution is 2.21. The molecule has 1 saturated heterocycles. The van der Waals surface area contributed by atoms with E-state index in [1.165, 1.54) is 0 Å². The fourth-order valence-corrected chi connectivity index (χ4v) is 2.51. The molecule has 0 aromatic carbocycles. The first kappa shape index (κ1) is 15.9. The van der Waals surface area contributed by atoms with Crippen LogP contribution in [0, 0.1) is 0 Å². The molecule has 6 heteroatoms. The molecule has 0 saturated carbocycles. The third-order valence-corrected chi connectivity index (χ3v) is 3.48. The van der Waals surface area contributed by atoms with Crippen molar-refractivity contribution in [3.63, 3.8) is 0 Å². The van der Waals surface area contributed by atoms with Crippen molar-refractivity contribution in [2.75, 3.05) is 24.5 Å². The van der Waals surface area contributed by atoms with Gasteiger partial charge in [0.05, 0.1) is 0 Å². The number of carbonyl (C=O) groups excluding carboxylic acids is 1. The van der Waals surface area contributed by atoms with Crippen LogP contribution in [0.3, 0.4) is 0 Å². The highest BCUT2D eigenvalue weighted by atomic mass is 35.5. The van der Waals surface area contributed by atoms with Crippen LogP contribution < -0.4 is 4.90 Å². The van der Waals surface area contributed by atoms with Crippen molar-refractivity contribution in [3.8, 4) is 0 Å². The first-order chi connectivity index (χ1) is 9.76. The van der Waals surface area contributed by atoms with Gasteiger partial charge in [-0.15, -0.1) is 0 Å². The number of nitrogens with zero attached hydrogens (tertiary/aromatic N) is 3. The van der Waals surface area contributed by atoms with Gasteiger partial charge in [-0.05, 0) is 39.8 Å². The molecule has 1 amide bonds. The zero-order valence-electron chi connectivity index (χ0n) is 13.0. The van der Waals surface area contributed by atoms with Gasteiger partial charge in [-0.25, -0.2) is 9.78 Å². The van der Waals surface area contributed by atoms with Gasteiger partial charge in [0.2, 0.25) is 0 Å². The van der Waals surface area contributed by atoms with Crippen LogP contribution in [0.1, 0.15) is 27.7 Å². The second-order valence-corrected chi connectivity index (χ2v) is 6.67. The normalized spacial score (nSPS) is 19.6. The molecule has 0 radical (unpaired) electrons. The Morgan fingerprint density at radius 1 is 1.38 bits per heavy atom. The van der Waals surface area contributed by atoms with E-state index >= 15 is 0 Å². The van der Waals surface area contributed by atoms with Crippen LogP contribution in [0.5, 0.6) is 0 Å². The molecule has 0 unspecified atom stereocenters. The van der Waals surface area contributed by atoms with Crippen molar-refractivity contribution in [3.05, 3.63) is 23.4 Å². The summed E-state index contributed by atoms with van der Waals surface area (Å²) >= 11 is 5.94. The number of pyridine rings is 1. The number of carbonyl (C=O) groups is 1. The van der Waals surface area contributed by atoms with Gasteiger partial charge in [-0.2, -0.15) is 0 Å². The minimum Gasteiger partial charge on any atom is -0.444 e. The predicted molar refractivity (Wildman–Crippen MR) is 83.9 cm³/mol. The van der Waals surface area contributed by atoms with Crippen molar-refractivity contribution >= 4 is 23.5 Å². The summed E-state index contributed by atoms with van der Waals surface area (Å²) < 4.78 is 5.42. The van der Waals surface area contributed by atoms with Crippen molar-refractivity contribution in [2.45, 2.75) is 39.3 Å². The Balaban J connectivity index is 2.01. The van der Waals surface area contributed by atoms with E-state index in [1.54, 1.807) is 11.0 Å². The Bertz CT molecular complexity index is 516. The highest BCUT2D eigenvalue weighted by Gasteiger charge is 2.30. The van der Waals surface area contributed by atoms with Gasteiger partial charge in [0.25, 0.3) is 0 Å². The Hall–Kier alpha value is -1.49. The summed E-state index contributed by atoms with van der Waals surface area (Å²) in [5.41, 5.74) is -0.466. The topological polar surface area (TPSA) is 45.7 Å². The average Bonchev–Trinajstić information content (AvgIpc) is 2.36. The molecule has 1 aliphatic heterocycles. The first-order valence-corrected chi connectivity index (χ1v) is 7.51. The van der Waals surface area contributed by atoms with E-state index in [2.05, 4.69) is 16.8 Å². The van der Waals surface area contributed by atoms with Crippen LogP contribution >= 0.6 is 11.6 Å². The number of piperazine rings is 1. The van der Waals surface area contributed by atoms with E-state index in [0.717, 1.165) is 5.82 Å². The van der Waals surface area contributed by atoms with Crippen LogP contribution in [0.2, 0.25) is 5.15 Å². The summed E-state index contributed by atoms with van der Waals surface area (Å²) in [6.07, 6.45) is -0.256. The van der Waals surface area contributed by atoms with E-state index in [9.17, 15) is 4.79 Å². The largest absolute Gasteiger partial charge is 0.444 e. The second kappa shape index (κ2) is 6.10. The van der Waals surface area contributed by atoms with E-state index in [0.29, 0.717) is 24.8 Å². The van der Waals surface area contributed by atoms with Gasteiger partial charge in [0.1, 0.15) is 16.6 Å². The molecule has 0 bridgehead atoms. The van der Waals surface area contributed by atoms with Gasteiger partial charge < -0.3 is 14.5 Å². The number of aromatic nitrogens is 1. The Labute approximate surface area is 130 Å². The molecule has 116 valence electrons. The van der Waals surface area contributed by atoms with E-state index in [-0.39, 0.29) is 12.1 Å². The lowest BCUT2D eigenvalue weighted by Crippen LogP contribution is -2.54. The fraction of sp³-hybridized carbons (Fsp3) is 0.600. The number of amides is 1. The predicted octanol–water partition coefficient (Wildman–Crippen LogP) is 3.18. The van der Waals surface area contributed by atoms with Gasteiger partial charge in [0.15, 0.2) is 0 Å². The number of ether oxygens (including phenoxy) is 1. The van der Waals surface area contributed by atoms with Gasteiger partial charge in [0, 0.05) is 25.7 Å². The van der Waals surface area contributed by atoms with Crippen molar-refractivity contribution in [1.82, 2.24) is 9.88 Å². The standard InChI is InChI=1S/C15H22ClN3O2/c1-11-10-18(14(20)21-15(2,3)4)8-9-19(11)13-7-5-6-12(16)17-13/h5-7,11H,8-10H2,1-4H3/t11-/m1/s1. The summed E-state index contributed by atoms with van der Waals surface area (Å²) in [5, 5.41) is 0.481. The SMILES string of the molecule is C[C@@H]1CN(C(=O)OC(C)(C)C)CCN1c1cccc(Cl)n1. The monoisotopic (exact) mass is 311 g/mol. The minimum atomic E-state index is -0.466. The third-order valence-electron chi connectivity index (χ3n) is 3.27. The maximum absolute atomic E-state index is 12.1. The molecular weight excluding hydrogens is 290 g/mol. The summed E-state index contributed by atoms with van der Waals surface area (Å²) in [5.74, 6) is 0.846. The molecule has 0 aliphatic carbocycles. The molecular formula is C15H22ClN3O2. The molecule has 0 spiro atoms. The quantitative estimate of drug-likeness (QED) is 0.747. The molecule has 2 rings (SSSR count). The van der Waals surface area contributed by atoms with E-state index in [4.69, 9.17) is 16.3 Å². The molecule has 1 aromatic rings. The van der Waals surface area contributed by atoms with Crippen LogP contribution in [0.25, 0.3) is 0 Å². The highest BCUT2D eigenvalue weighted by molar-refractivity contribution is 6.29. The number of hydrogen-bond donors (Lipinski definition) is 0. The molecule has 21 heavy (non-hydrogen) atoms. The van der Waals surface area contributed by atoms with Gasteiger partial charge >= 0.3 is 6.09 Å².